The molecule has 0 fully saturated rings. The molecule has 1 aromatic carbocycles. The topological polar surface area (TPSA) is 52.5 Å². The van der Waals surface area contributed by atoms with Crippen molar-refractivity contribution < 1.29 is 14.6 Å². The van der Waals surface area contributed by atoms with Crippen molar-refractivity contribution in [3.8, 4) is 11.5 Å². The number of benzene rings is 1. The fourth-order valence-corrected chi connectivity index (χ4v) is 1.35. The van der Waals surface area contributed by atoms with Crippen molar-refractivity contribution in [2.75, 3.05) is 13.6 Å². The minimum Gasteiger partial charge on any atom is -0.506 e. The Bertz CT molecular complexity index is 318. The Balaban J connectivity index is 3.11. The van der Waals surface area contributed by atoms with Gasteiger partial charge in [-0.2, -0.15) is 0 Å². The highest BCUT2D eigenvalue weighted by molar-refractivity contribution is 6.32. The van der Waals surface area contributed by atoms with Gasteiger partial charge in [-0.25, -0.2) is 4.39 Å². The molecule has 3 nitrogen and oxygen atoms in total. The molecule has 0 aliphatic carbocycles. The van der Waals surface area contributed by atoms with Crippen LogP contribution < -0.4 is 5.32 Å². The first-order valence-electron chi connectivity index (χ1n) is 4.11. The first-order chi connectivity index (χ1) is 6.57. The molecule has 0 aliphatic rings. The summed E-state index contributed by atoms with van der Waals surface area (Å²) in [4.78, 5) is 0. The average Bonchev–Trinajstić information content (AvgIpc) is 2.15. The second kappa shape index (κ2) is 4.48. The first-order valence-corrected chi connectivity index (χ1v) is 4.49. The molecule has 78 valence electrons. The number of hydrogen-bond acceptors (Lipinski definition) is 3. The van der Waals surface area contributed by atoms with E-state index in [-0.39, 0.29) is 22.8 Å². The Morgan fingerprint density at radius 1 is 1.50 bits per heavy atom. The minimum atomic E-state index is -0.817. The monoisotopic (exact) mass is 219 g/mol. The fourth-order valence-electron chi connectivity index (χ4n) is 1.13. The quantitative estimate of drug-likeness (QED) is 0.678. The van der Waals surface area contributed by atoms with E-state index in [4.69, 9.17) is 16.7 Å². The van der Waals surface area contributed by atoms with Crippen LogP contribution in [0.4, 0.5) is 4.39 Å². The van der Waals surface area contributed by atoms with Crippen LogP contribution in [0.15, 0.2) is 6.07 Å². The van der Waals surface area contributed by atoms with Gasteiger partial charge in [0, 0.05) is 11.6 Å². The summed E-state index contributed by atoms with van der Waals surface area (Å²) in [7, 11) is 1.71. The number of halogens is 2. The molecule has 0 atom stereocenters. The molecule has 0 aromatic heterocycles. The maximum Gasteiger partial charge on any atom is 0.171 e. The van der Waals surface area contributed by atoms with Crippen molar-refractivity contribution in [3.05, 3.63) is 22.5 Å². The van der Waals surface area contributed by atoms with Gasteiger partial charge in [-0.15, -0.1) is 0 Å². The molecule has 5 heteroatoms. The van der Waals surface area contributed by atoms with Gasteiger partial charge in [0.25, 0.3) is 0 Å². The van der Waals surface area contributed by atoms with Gasteiger partial charge in [-0.3, -0.25) is 0 Å². The lowest BCUT2D eigenvalue weighted by Gasteiger charge is -2.08. The summed E-state index contributed by atoms with van der Waals surface area (Å²) in [6.07, 6.45) is 0.266. The second-order valence-electron chi connectivity index (χ2n) is 2.87. The summed E-state index contributed by atoms with van der Waals surface area (Å²) in [6.45, 7) is 0.490. The van der Waals surface area contributed by atoms with Gasteiger partial charge in [0.15, 0.2) is 11.6 Å². The fraction of sp³-hybridized carbons (Fsp3) is 0.333. The van der Waals surface area contributed by atoms with E-state index >= 15 is 0 Å². The molecular formula is C9H11ClFNO2. The number of nitrogens with one attached hydrogen (secondary N) is 1. The molecule has 0 saturated heterocycles. The van der Waals surface area contributed by atoms with Gasteiger partial charge in [-0.05, 0) is 20.0 Å². The zero-order valence-electron chi connectivity index (χ0n) is 7.64. The Labute approximate surface area is 86.1 Å². The first kappa shape index (κ1) is 11.1. The van der Waals surface area contributed by atoms with Crippen molar-refractivity contribution in [1.82, 2.24) is 5.32 Å². The summed E-state index contributed by atoms with van der Waals surface area (Å²) in [5.74, 6) is -1.67. The number of aromatic hydroxyl groups is 2. The van der Waals surface area contributed by atoms with E-state index in [1.54, 1.807) is 7.05 Å². The molecule has 0 saturated carbocycles. The lowest BCUT2D eigenvalue weighted by molar-refractivity contribution is 0.413. The van der Waals surface area contributed by atoms with Crippen LogP contribution in [0.3, 0.4) is 0 Å². The largest absolute Gasteiger partial charge is 0.506 e. The minimum absolute atomic E-state index is 0.0318. The summed E-state index contributed by atoms with van der Waals surface area (Å²) < 4.78 is 13.3. The molecule has 0 aliphatic heterocycles. The Hall–Kier alpha value is -1.00. The number of rotatable bonds is 3. The predicted octanol–water partition coefficient (Wildman–Crippen LogP) is 1.65. The highest BCUT2D eigenvalue weighted by Gasteiger charge is 2.15. The lowest BCUT2D eigenvalue weighted by Crippen LogP contribution is -2.11. The Morgan fingerprint density at radius 2 is 2.14 bits per heavy atom. The van der Waals surface area contributed by atoms with Gasteiger partial charge in [0.2, 0.25) is 0 Å². The third-order valence-corrected chi connectivity index (χ3v) is 2.18. The SMILES string of the molecule is CNCCc1c(O)c(Cl)cc(O)c1F. The number of phenols is 2. The van der Waals surface area contributed by atoms with E-state index in [0.29, 0.717) is 6.54 Å². The summed E-state index contributed by atoms with van der Waals surface area (Å²) in [6, 6.07) is 0.981. The van der Waals surface area contributed by atoms with Crippen LogP contribution in [0.5, 0.6) is 11.5 Å². The van der Waals surface area contributed by atoms with E-state index in [1.165, 1.54) is 0 Å². The van der Waals surface area contributed by atoms with Crippen molar-refractivity contribution in [2.24, 2.45) is 0 Å². The summed E-state index contributed by atoms with van der Waals surface area (Å²) >= 11 is 5.57. The lowest BCUT2D eigenvalue weighted by atomic mass is 10.1. The maximum absolute atomic E-state index is 13.3. The Kier molecular flexibility index (Phi) is 3.55. The highest BCUT2D eigenvalue weighted by Crippen LogP contribution is 2.35. The average molecular weight is 220 g/mol. The molecule has 0 bridgehead atoms. The van der Waals surface area contributed by atoms with Crippen LogP contribution in [0, 0.1) is 5.82 Å². The molecule has 3 N–H and O–H groups in total. The van der Waals surface area contributed by atoms with Crippen LogP contribution in [-0.4, -0.2) is 23.8 Å². The third-order valence-electron chi connectivity index (χ3n) is 1.89. The van der Waals surface area contributed by atoms with Gasteiger partial charge in [-0.1, -0.05) is 11.6 Å². The van der Waals surface area contributed by atoms with Crippen molar-refractivity contribution in [1.29, 1.82) is 0 Å². The molecule has 14 heavy (non-hydrogen) atoms. The predicted molar refractivity (Wildman–Crippen MR) is 52.4 cm³/mol. The normalized spacial score (nSPS) is 10.5. The van der Waals surface area contributed by atoms with E-state index in [0.717, 1.165) is 6.07 Å². The van der Waals surface area contributed by atoms with Crippen LogP contribution in [-0.2, 0) is 6.42 Å². The number of hydrogen-bond donors (Lipinski definition) is 3. The van der Waals surface area contributed by atoms with Crippen molar-refractivity contribution in [2.45, 2.75) is 6.42 Å². The Morgan fingerprint density at radius 3 is 2.71 bits per heavy atom. The molecule has 1 aromatic rings. The second-order valence-corrected chi connectivity index (χ2v) is 3.28. The van der Waals surface area contributed by atoms with Crippen LogP contribution >= 0.6 is 11.6 Å². The smallest absolute Gasteiger partial charge is 0.171 e. The number of phenolic OH excluding ortho intramolecular Hbond substituents is 2. The maximum atomic E-state index is 13.3. The van der Waals surface area contributed by atoms with Gasteiger partial charge < -0.3 is 15.5 Å². The molecule has 0 heterocycles. The molecule has 0 unspecified atom stereocenters. The molecule has 0 amide bonds. The van der Waals surface area contributed by atoms with Gasteiger partial charge >= 0.3 is 0 Å². The van der Waals surface area contributed by atoms with Crippen LogP contribution in [0.25, 0.3) is 0 Å². The van der Waals surface area contributed by atoms with E-state index < -0.39 is 11.6 Å². The van der Waals surface area contributed by atoms with E-state index in [9.17, 15) is 9.50 Å². The number of likely N-dealkylation sites (N-methyl/N-ethyl adjacent to an activating group) is 1. The van der Waals surface area contributed by atoms with Crippen LogP contribution in [0.1, 0.15) is 5.56 Å². The zero-order valence-corrected chi connectivity index (χ0v) is 8.40. The summed E-state index contributed by atoms with van der Waals surface area (Å²) in [5, 5.41) is 21.3. The van der Waals surface area contributed by atoms with Crippen molar-refractivity contribution >= 4 is 11.6 Å². The van der Waals surface area contributed by atoms with Gasteiger partial charge in [0.05, 0.1) is 5.02 Å². The van der Waals surface area contributed by atoms with Gasteiger partial charge in [0.1, 0.15) is 5.75 Å². The standard InChI is InChI=1S/C9H11ClFNO2/c1-12-3-2-5-8(11)7(13)4-6(10)9(5)14/h4,12-14H,2-3H2,1H3. The van der Waals surface area contributed by atoms with E-state index in [2.05, 4.69) is 5.32 Å². The zero-order chi connectivity index (χ0) is 10.7. The molecule has 0 spiro atoms. The molecule has 1 rings (SSSR count). The van der Waals surface area contributed by atoms with Crippen molar-refractivity contribution in [3.63, 3.8) is 0 Å². The summed E-state index contributed by atoms with van der Waals surface area (Å²) in [5.41, 5.74) is 0.0318. The highest BCUT2D eigenvalue weighted by atomic mass is 35.5. The molecular weight excluding hydrogens is 209 g/mol. The molecule has 0 radical (unpaired) electrons. The van der Waals surface area contributed by atoms with E-state index in [1.807, 2.05) is 0 Å². The third kappa shape index (κ3) is 2.08. The van der Waals surface area contributed by atoms with Crippen LogP contribution in [0.2, 0.25) is 5.02 Å².